The molecule has 23 heavy (non-hydrogen) atoms. The monoisotopic (exact) mass is 396 g/mol. The van der Waals surface area contributed by atoms with Gasteiger partial charge in [-0.3, -0.25) is 0 Å². The van der Waals surface area contributed by atoms with Crippen LogP contribution in [0.3, 0.4) is 0 Å². The quantitative estimate of drug-likeness (QED) is 0.712. The molecule has 0 radical (unpaired) electrons. The molecule has 0 aliphatic rings. The van der Waals surface area contributed by atoms with Crippen LogP contribution in [0.4, 0.5) is 0 Å². The molecule has 0 unspecified atom stereocenters. The Balaban J connectivity index is 2.20. The average Bonchev–Trinajstić information content (AvgIpc) is 2.52. The van der Waals surface area contributed by atoms with E-state index in [1.165, 1.54) is 6.08 Å². The topological polar surface area (TPSA) is 55.8 Å². The average molecular weight is 398 g/mol. The largest absolute Gasteiger partial charge is 0.496 e. The van der Waals surface area contributed by atoms with E-state index in [4.69, 9.17) is 26.2 Å². The number of hydrogen-bond acceptors (Lipinski definition) is 3. The number of halogens is 2. The molecule has 0 heterocycles. The minimum atomic E-state index is -0.997. The standard InChI is InChI=1S/C17H14BrClO4/c1-22-15-5-2-11(3-7-17(20)21)8-12(15)10-23-16-6-4-13(19)9-14(16)18/h2-9H,10H2,1H3,(H,20,21). The summed E-state index contributed by atoms with van der Waals surface area (Å²) in [5.41, 5.74) is 1.56. The van der Waals surface area contributed by atoms with E-state index in [9.17, 15) is 4.79 Å². The molecule has 0 fully saturated rings. The van der Waals surface area contributed by atoms with Crippen LogP contribution in [-0.2, 0) is 11.4 Å². The van der Waals surface area contributed by atoms with Crippen molar-refractivity contribution in [2.24, 2.45) is 0 Å². The first-order valence-corrected chi connectivity index (χ1v) is 7.82. The zero-order valence-corrected chi connectivity index (χ0v) is 14.6. The Morgan fingerprint density at radius 3 is 2.65 bits per heavy atom. The molecule has 120 valence electrons. The molecular weight excluding hydrogens is 384 g/mol. The van der Waals surface area contributed by atoms with E-state index in [0.29, 0.717) is 16.5 Å². The highest BCUT2D eigenvalue weighted by Gasteiger charge is 2.07. The Morgan fingerprint density at radius 1 is 1.26 bits per heavy atom. The second kappa shape index (κ2) is 8.04. The maximum absolute atomic E-state index is 10.6. The van der Waals surface area contributed by atoms with Crippen LogP contribution in [0.25, 0.3) is 6.08 Å². The first kappa shape index (κ1) is 17.4. The fourth-order valence-corrected chi connectivity index (χ4v) is 2.73. The van der Waals surface area contributed by atoms with Gasteiger partial charge in [0, 0.05) is 16.7 Å². The Morgan fingerprint density at radius 2 is 2.00 bits per heavy atom. The summed E-state index contributed by atoms with van der Waals surface area (Å²) in [6.07, 6.45) is 2.60. The Labute approximate surface area is 147 Å². The van der Waals surface area contributed by atoms with Gasteiger partial charge in [0.05, 0.1) is 11.6 Å². The van der Waals surface area contributed by atoms with Crippen LogP contribution >= 0.6 is 27.5 Å². The molecular formula is C17H14BrClO4. The van der Waals surface area contributed by atoms with E-state index in [1.807, 2.05) is 6.07 Å². The number of rotatable bonds is 6. The van der Waals surface area contributed by atoms with Gasteiger partial charge in [-0.1, -0.05) is 17.7 Å². The van der Waals surface area contributed by atoms with Crippen molar-refractivity contribution < 1.29 is 19.4 Å². The lowest BCUT2D eigenvalue weighted by Crippen LogP contribution is -2.00. The smallest absolute Gasteiger partial charge is 0.328 e. The number of aliphatic carboxylic acids is 1. The maximum atomic E-state index is 10.6. The van der Waals surface area contributed by atoms with E-state index in [0.717, 1.165) is 21.7 Å². The molecule has 0 aliphatic heterocycles. The molecule has 4 nitrogen and oxygen atoms in total. The third-order valence-electron chi connectivity index (χ3n) is 3.00. The number of ether oxygens (including phenoxy) is 2. The summed E-state index contributed by atoms with van der Waals surface area (Å²) in [5, 5.41) is 9.31. The van der Waals surface area contributed by atoms with Crippen molar-refractivity contribution in [2.75, 3.05) is 7.11 Å². The minimum absolute atomic E-state index is 0.276. The lowest BCUT2D eigenvalue weighted by atomic mass is 10.1. The van der Waals surface area contributed by atoms with E-state index in [1.54, 1.807) is 37.4 Å². The number of hydrogen-bond donors (Lipinski definition) is 1. The van der Waals surface area contributed by atoms with Crippen LogP contribution in [0.2, 0.25) is 5.02 Å². The van der Waals surface area contributed by atoms with Crippen LogP contribution in [0.15, 0.2) is 46.9 Å². The summed E-state index contributed by atoms with van der Waals surface area (Å²) in [6.45, 7) is 0.276. The number of benzene rings is 2. The zero-order valence-electron chi connectivity index (χ0n) is 12.3. The first-order valence-electron chi connectivity index (χ1n) is 6.65. The molecule has 0 aromatic heterocycles. The Bertz CT molecular complexity index is 743. The van der Waals surface area contributed by atoms with Gasteiger partial charge in [-0.25, -0.2) is 4.79 Å². The van der Waals surface area contributed by atoms with Gasteiger partial charge in [0.1, 0.15) is 18.1 Å². The van der Waals surface area contributed by atoms with Gasteiger partial charge in [0.2, 0.25) is 0 Å². The van der Waals surface area contributed by atoms with Crippen molar-refractivity contribution in [3.8, 4) is 11.5 Å². The number of carboxylic acids is 1. The van der Waals surface area contributed by atoms with Gasteiger partial charge in [0.15, 0.2) is 0 Å². The van der Waals surface area contributed by atoms with Gasteiger partial charge in [-0.15, -0.1) is 0 Å². The molecule has 2 aromatic carbocycles. The Kier molecular flexibility index (Phi) is 6.07. The van der Waals surface area contributed by atoms with E-state index >= 15 is 0 Å². The highest BCUT2D eigenvalue weighted by molar-refractivity contribution is 9.10. The summed E-state index contributed by atoms with van der Waals surface area (Å²) >= 11 is 9.30. The third kappa shape index (κ3) is 5.01. The molecule has 0 saturated heterocycles. The molecule has 2 rings (SSSR count). The predicted octanol–water partition coefficient (Wildman–Crippen LogP) is 4.79. The van der Waals surface area contributed by atoms with Gasteiger partial charge in [-0.05, 0) is 57.9 Å². The van der Waals surface area contributed by atoms with Crippen LogP contribution in [0.5, 0.6) is 11.5 Å². The van der Waals surface area contributed by atoms with Crippen molar-refractivity contribution in [3.63, 3.8) is 0 Å². The molecule has 0 spiro atoms. The second-order valence-corrected chi connectivity index (χ2v) is 5.90. The molecule has 1 N–H and O–H groups in total. The fraction of sp³-hybridized carbons (Fsp3) is 0.118. The highest BCUT2D eigenvalue weighted by atomic mass is 79.9. The van der Waals surface area contributed by atoms with Crippen LogP contribution in [0, 0.1) is 0 Å². The number of carboxylic acid groups (broad SMARTS) is 1. The molecule has 0 saturated carbocycles. The molecule has 0 amide bonds. The molecule has 2 aromatic rings. The van der Waals surface area contributed by atoms with Crippen molar-refractivity contribution in [3.05, 3.63) is 63.1 Å². The fourth-order valence-electron chi connectivity index (χ4n) is 1.93. The van der Waals surface area contributed by atoms with Crippen molar-refractivity contribution >= 4 is 39.6 Å². The van der Waals surface area contributed by atoms with Crippen LogP contribution in [-0.4, -0.2) is 18.2 Å². The van der Waals surface area contributed by atoms with Crippen molar-refractivity contribution in [1.29, 1.82) is 0 Å². The number of carbonyl (C=O) groups is 1. The van der Waals surface area contributed by atoms with Gasteiger partial charge in [0.25, 0.3) is 0 Å². The van der Waals surface area contributed by atoms with E-state index < -0.39 is 5.97 Å². The molecule has 6 heteroatoms. The van der Waals surface area contributed by atoms with Crippen molar-refractivity contribution in [1.82, 2.24) is 0 Å². The van der Waals surface area contributed by atoms with Gasteiger partial charge in [-0.2, -0.15) is 0 Å². The summed E-state index contributed by atoms with van der Waals surface area (Å²) in [4.78, 5) is 10.6. The molecule has 0 bridgehead atoms. The predicted molar refractivity (Wildman–Crippen MR) is 93.1 cm³/mol. The zero-order chi connectivity index (χ0) is 16.8. The van der Waals surface area contributed by atoms with Gasteiger partial charge < -0.3 is 14.6 Å². The first-order chi connectivity index (χ1) is 11.0. The van der Waals surface area contributed by atoms with Crippen LogP contribution in [0.1, 0.15) is 11.1 Å². The second-order valence-electron chi connectivity index (χ2n) is 4.61. The SMILES string of the molecule is COc1ccc(C=CC(=O)O)cc1COc1ccc(Cl)cc1Br. The molecule has 0 aliphatic carbocycles. The number of methoxy groups -OCH3 is 1. The molecule has 0 atom stereocenters. The van der Waals surface area contributed by atoms with Crippen molar-refractivity contribution in [2.45, 2.75) is 6.61 Å². The summed E-state index contributed by atoms with van der Waals surface area (Å²) < 4.78 is 11.8. The Hall–Kier alpha value is -1.98. The summed E-state index contributed by atoms with van der Waals surface area (Å²) in [6, 6.07) is 10.6. The van der Waals surface area contributed by atoms with E-state index in [-0.39, 0.29) is 6.61 Å². The van der Waals surface area contributed by atoms with Crippen LogP contribution < -0.4 is 9.47 Å². The minimum Gasteiger partial charge on any atom is -0.496 e. The maximum Gasteiger partial charge on any atom is 0.328 e. The highest BCUT2D eigenvalue weighted by Crippen LogP contribution is 2.30. The summed E-state index contributed by atoms with van der Waals surface area (Å²) in [5.74, 6) is 0.328. The lowest BCUT2D eigenvalue weighted by Gasteiger charge is -2.12. The normalized spacial score (nSPS) is 10.7. The lowest BCUT2D eigenvalue weighted by molar-refractivity contribution is -0.131. The van der Waals surface area contributed by atoms with E-state index in [2.05, 4.69) is 15.9 Å². The van der Waals surface area contributed by atoms with Gasteiger partial charge >= 0.3 is 5.97 Å². The third-order valence-corrected chi connectivity index (χ3v) is 3.85. The summed E-state index contributed by atoms with van der Waals surface area (Å²) in [7, 11) is 1.57.